The molecule has 0 saturated heterocycles. The number of hydrogen-bond acceptors (Lipinski definition) is 3. The van der Waals surface area contributed by atoms with Gasteiger partial charge in [-0.3, -0.25) is 4.79 Å². The summed E-state index contributed by atoms with van der Waals surface area (Å²) in [6.45, 7) is 2.17. The molecule has 0 radical (unpaired) electrons. The summed E-state index contributed by atoms with van der Waals surface area (Å²) in [6, 6.07) is 2.17. The van der Waals surface area contributed by atoms with Crippen molar-refractivity contribution in [2.24, 2.45) is 11.1 Å². The third-order valence-corrected chi connectivity index (χ3v) is 6.02. The molecule has 1 aromatic heterocycles. The van der Waals surface area contributed by atoms with Gasteiger partial charge in [-0.05, 0) is 36.3 Å². The van der Waals surface area contributed by atoms with Crippen LogP contribution < -0.4 is 5.73 Å². The molecule has 2 N–H and O–H groups in total. The average molecular weight is 292 g/mol. The van der Waals surface area contributed by atoms with Crippen molar-refractivity contribution in [3.63, 3.8) is 0 Å². The zero-order valence-corrected chi connectivity index (χ0v) is 12.9. The van der Waals surface area contributed by atoms with Crippen LogP contribution in [-0.2, 0) is 17.8 Å². The van der Waals surface area contributed by atoms with Crippen molar-refractivity contribution >= 4 is 17.2 Å². The molecule has 110 valence electrons. The lowest BCUT2D eigenvalue weighted by Gasteiger charge is -2.37. The van der Waals surface area contributed by atoms with Crippen molar-refractivity contribution < 1.29 is 4.79 Å². The van der Waals surface area contributed by atoms with Crippen LogP contribution >= 0.6 is 11.3 Å². The normalized spacial score (nSPS) is 22.1. The average Bonchev–Trinajstić information content (AvgIpc) is 2.81. The Morgan fingerprint density at radius 1 is 1.30 bits per heavy atom. The van der Waals surface area contributed by atoms with Gasteiger partial charge < -0.3 is 10.6 Å². The number of amides is 1. The van der Waals surface area contributed by atoms with Crippen molar-refractivity contribution in [1.82, 2.24) is 4.90 Å². The van der Waals surface area contributed by atoms with Crippen LogP contribution in [0.25, 0.3) is 0 Å². The molecular formula is C16H24N2OS. The maximum Gasteiger partial charge on any atom is 0.230 e. The smallest absolute Gasteiger partial charge is 0.230 e. The van der Waals surface area contributed by atoms with E-state index in [9.17, 15) is 4.79 Å². The second-order valence-electron chi connectivity index (χ2n) is 6.24. The quantitative estimate of drug-likeness (QED) is 0.852. The Morgan fingerprint density at radius 2 is 2.05 bits per heavy atom. The number of carbonyl (C=O) groups is 1. The van der Waals surface area contributed by atoms with Gasteiger partial charge in [0.2, 0.25) is 5.91 Å². The fourth-order valence-electron chi connectivity index (χ4n) is 3.67. The van der Waals surface area contributed by atoms with Crippen molar-refractivity contribution in [1.29, 1.82) is 0 Å². The monoisotopic (exact) mass is 292 g/mol. The van der Waals surface area contributed by atoms with E-state index < -0.39 is 0 Å². The van der Waals surface area contributed by atoms with Gasteiger partial charge >= 0.3 is 0 Å². The highest BCUT2D eigenvalue weighted by molar-refractivity contribution is 7.10. The lowest BCUT2D eigenvalue weighted by Crippen LogP contribution is -2.49. The Balaban J connectivity index is 1.77. The maximum absolute atomic E-state index is 13.0. The van der Waals surface area contributed by atoms with Gasteiger partial charge in [-0.1, -0.05) is 25.7 Å². The Hall–Kier alpha value is -0.870. The van der Waals surface area contributed by atoms with Gasteiger partial charge in [-0.15, -0.1) is 11.3 Å². The minimum Gasteiger partial charge on any atom is -0.337 e. The van der Waals surface area contributed by atoms with Gasteiger partial charge in [0.25, 0.3) is 0 Å². The first kappa shape index (κ1) is 14.1. The molecule has 20 heavy (non-hydrogen) atoms. The van der Waals surface area contributed by atoms with Crippen molar-refractivity contribution in [2.75, 3.05) is 13.1 Å². The molecule has 1 saturated carbocycles. The summed E-state index contributed by atoms with van der Waals surface area (Å²) in [5.74, 6) is 0.318. The summed E-state index contributed by atoms with van der Waals surface area (Å²) >= 11 is 1.82. The molecule has 2 heterocycles. The van der Waals surface area contributed by atoms with Crippen LogP contribution in [0.1, 0.15) is 49.0 Å². The number of carbonyl (C=O) groups excluding carboxylic acids is 1. The number of nitrogens with two attached hydrogens (primary N) is 1. The molecule has 0 bridgehead atoms. The van der Waals surface area contributed by atoms with Crippen molar-refractivity contribution in [2.45, 2.75) is 51.5 Å². The SMILES string of the molecule is NCC1(C(=O)N2CCc3sccc3C2)CCCCCC1. The predicted molar refractivity (Wildman–Crippen MR) is 82.6 cm³/mol. The van der Waals surface area contributed by atoms with Gasteiger partial charge in [0.05, 0.1) is 5.41 Å². The second kappa shape index (κ2) is 5.86. The molecule has 0 aromatic carbocycles. The number of nitrogens with zero attached hydrogens (tertiary/aromatic N) is 1. The fourth-order valence-corrected chi connectivity index (χ4v) is 4.56. The summed E-state index contributed by atoms with van der Waals surface area (Å²) in [6.07, 6.45) is 7.79. The molecular weight excluding hydrogens is 268 g/mol. The van der Waals surface area contributed by atoms with E-state index in [4.69, 9.17) is 5.73 Å². The molecule has 1 aliphatic heterocycles. The number of thiophene rings is 1. The molecule has 2 aliphatic rings. The lowest BCUT2D eigenvalue weighted by atomic mass is 9.78. The van der Waals surface area contributed by atoms with E-state index in [0.717, 1.165) is 45.2 Å². The van der Waals surface area contributed by atoms with Crippen LogP contribution in [0.3, 0.4) is 0 Å². The molecule has 1 fully saturated rings. The molecule has 4 heteroatoms. The molecule has 1 amide bonds. The van der Waals surface area contributed by atoms with E-state index in [2.05, 4.69) is 16.3 Å². The lowest BCUT2D eigenvalue weighted by molar-refractivity contribution is -0.143. The zero-order chi connectivity index (χ0) is 14.0. The second-order valence-corrected chi connectivity index (χ2v) is 7.25. The molecule has 0 unspecified atom stereocenters. The summed E-state index contributed by atoms with van der Waals surface area (Å²) in [5.41, 5.74) is 7.11. The highest BCUT2D eigenvalue weighted by Gasteiger charge is 2.40. The molecule has 1 aromatic rings. The number of fused-ring (bicyclic) bond motifs is 1. The molecule has 1 aliphatic carbocycles. The fraction of sp³-hybridized carbons (Fsp3) is 0.688. The van der Waals surface area contributed by atoms with Crippen LogP contribution in [0.4, 0.5) is 0 Å². The van der Waals surface area contributed by atoms with E-state index in [1.54, 1.807) is 0 Å². The summed E-state index contributed by atoms with van der Waals surface area (Å²) in [4.78, 5) is 16.6. The Morgan fingerprint density at radius 3 is 2.75 bits per heavy atom. The van der Waals surface area contributed by atoms with E-state index in [1.807, 2.05) is 11.3 Å². The Kier molecular flexibility index (Phi) is 4.13. The van der Waals surface area contributed by atoms with Crippen LogP contribution in [0.5, 0.6) is 0 Å². The standard InChI is InChI=1S/C16H24N2OS/c17-12-16(7-3-1-2-4-8-16)15(19)18-9-5-14-13(11-18)6-10-20-14/h6,10H,1-5,7-9,11-12,17H2. The summed E-state index contributed by atoms with van der Waals surface area (Å²) in [5, 5.41) is 2.14. The minimum absolute atomic E-state index is 0.274. The van der Waals surface area contributed by atoms with E-state index in [0.29, 0.717) is 12.5 Å². The van der Waals surface area contributed by atoms with Gasteiger partial charge in [-0.2, -0.15) is 0 Å². The topological polar surface area (TPSA) is 46.3 Å². The van der Waals surface area contributed by atoms with Crippen LogP contribution in [-0.4, -0.2) is 23.9 Å². The first-order chi connectivity index (χ1) is 9.75. The van der Waals surface area contributed by atoms with Gasteiger partial charge in [0, 0.05) is 24.5 Å². The highest BCUT2D eigenvalue weighted by Crippen LogP contribution is 2.37. The molecule has 3 nitrogen and oxygen atoms in total. The predicted octanol–water partition coefficient (Wildman–Crippen LogP) is 2.93. The third kappa shape index (κ3) is 2.51. The number of rotatable bonds is 2. The van der Waals surface area contributed by atoms with Gasteiger partial charge in [-0.25, -0.2) is 0 Å². The Labute approximate surface area is 125 Å². The van der Waals surface area contributed by atoms with Crippen LogP contribution in [0, 0.1) is 5.41 Å². The first-order valence-corrected chi connectivity index (χ1v) is 8.68. The van der Waals surface area contributed by atoms with Crippen LogP contribution in [0.2, 0.25) is 0 Å². The molecule has 0 atom stereocenters. The maximum atomic E-state index is 13.0. The highest BCUT2D eigenvalue weighted by atomic mass is 32.1. The zero-order valence-electron chi connectivity index (χ0n) is 12.1. The van der Waals surface area contributed by atoms with Gasteiger partial charge in [0.1, 0.15) is 0 Å². The third-order valence-electron chi connectivity index (χ3n) is 5.00. The Bertz CT molecular complexity index is 475. The van der Waals surface area contributed by atoms with E-state index >= 15 is 0 Å². The largest absolute Gasteiger partial charge is 0.337 e. The number of hydrogen-bond donors (Lipinski definition) is 1. The first-order valence-electron chi connectivity index (χ1n) is 7.80. The van der Waals surface area contributed by atoms with E-state index in [-0.39, 0.29) is 5.41 Å². The molecule has 3 rings (SSSR count). The molecule has 0 spiro atoms. The van der Waals surface area contributed by atoms with Crippen LogP contribution in [0.15, 0.2) is 11.4 Å². The van der Waals surface area contributed by atoms with E-state index in [1.165, 1.54) is 23.3 Å². The van der Waals surface area contributed by atoms with Gasteiger partial charge in [0.15, 0.2) is 0 Å². The summed E-state index contributed by atoms with van der Waals surface area (Å²) < 4.78 is 0. The summed E-state index contributed by atoms with van der Waals surface area (Å²) in [7, 11) is 0. The van der Waals surface area contributed by atoms with Crippen molar-refractivity contribution in [3.05, 3.63) is 21.9 Å². The van der Waals surface area contributed by atoms with Crippen molar-refractivity contribution in [3.8, 4) is 0 Å². The minimum atomic E-state index is -0.274.